The number of aryl methyl sites for hydroxylation is 1. The molecule has 0 aliphatic carbocycles. The number of nitrogens with zero attached hydrogens (tertiary/aromatic N) is 2. The summed E-state index contributed by atoms with van der Waals surface area (Å²) in [7, 11) is 0. The van der Waals surface area contributed by atoms with Crippen LogP contribution in [0.3, 0.4) is 0 Å². The zero-order valence-corrected chi connectivity index (χ0v) is 10.6. The van der Waals surface area contributed by atoms with Crippen molar-refractivity contribution < 1.29 is 4.39 Å². The number of aromatic nitrogens is 2. The van der Waals surface area contributed by atoms with E-state index in [1.54, 1.807) is 12.1 Å². The van der Waals surface area contributed by atoms with E-state index in [1.807, 2.05) is 41.9 Å². The Morgan fingerprint density at radius 2 is 2.16 bits per heavy atom. The fourth-order valence-corrected chi connectivity index (χ4v) is 2.03. The number of rotatable bonds is 3. The predicted octanol–water partition coefficient (Wildman–Crippen LogP) is 3.39. The monoisotopic (exact) mass is 255 g/mol. The molecule has 0 fully saturated rings. The van der Waals surface area contributed by atoms with Crippen LogP contribution in [0.1, 0.15) is 11.3 Å². The van der Waals surface area contributed by atoms with Gasteiger partial charge in [-0.2, -0.15) is 0 Å². The van der Waals surface area contributed by atoms with Crippen LogP contribution < -0.4 is 5.32 Å². The Morgan fingerprint density at radius 3 is 3.00 bits per heavy atom. The second-order valence-electron chi connectivity index (χ2n) is 4.54. The highest BCUT2D eigenvalue weighted by molar-refractivity contribution is 5.48. The van der Waals surface area contributed by atoms with Crippen LogP contribution in [0.2, 0.25) is 0 Å². The molecule has 0 aliphatic heterocycles. The van der Waals surface area contributed by atoms with Crippen LogP contribution in [0, 0.1) is 12.7 Å². The lowest BCUT2D eigenvalue weighted by Crippen LogP contribution is -2.01. The maximum absolute atomic E-state index is 13.6. The molecule has 0 bridgehead atoms. The first-order valence-corrected chi connectivity index (χ1v) is 6.15. The molecule has 3 aromatic rings. The average Bonchev–Trinajstić information content (AvgIpc) is 2.82. The molecule has 2 heterocycles. The van der Waals surface area contributed by atoms with Gasteiger partial charge in [-0.25, -0.2) is 9.37 Å². The van der Waals surface area contributed by atoms with Crippen molar-refractivity contribution in [3.8, 4) is 0 Å². The molecule has 0 unspecified atom stereocenters. The minimum atomic E-state index is -0.241. The Hall–Kier alpha value is -2.36. The highest BCUT2D eigenvalue weighted by Gasteiger charge is 2.04. The number of pyridine rings is 1. The van der Waals surface area contributed by atoms with Gasteiger partial charge in [-0.05, 0) is 36.8 Å². The molecular formula is C15H14FN3. The van der Waals surface area contributed by atoms with Gasteiger partial charge < -0.3 is 9.72 Å². The summed E-state index contributed by atoms with van der Waals surface area (Å²) < 4.78 is 15.5. The lowest BCUT2D eigenvalue weighted by atomic mass is 10.2. The fourth-order valence-electron chi connectivity index (χ4n) is 2.03. The topological polar surface area (TPSA) is 29.3 Å². The van der Waals surface area contributed by atoms with Crippen LogP contribution in [-0.2, 0) is 6.54 Å². The summed E-state index contributed by atoms with van der Waals surface area (Å²) in [6.45, 7) is 2.44. The van der Waals surface area contributed by atoms with Gasteiger partial charge in [0.1, 0.15) is 11.5 Å². The summed E-state index contributed by atoms with van der Waals surface area (Å²) in [6.07, 6.45) is 3.88. The van der Waals surface area contributed by atoms with Crippen LogP contribution in [0.25, 0.3) is 5.65 Å². The third-order valence-corrected chi connectivity index (χ3v) is 3.00. The molecule has 96 valence electrons. The highest BCUT2D eigenvalue weighted by Crippen LogP contribution is 2.16. The normalized spacial score (nSPS) is 10.8. The lowest BCUT2D eigenvalue weighted by molar-refractivity contribution is 0.629. The SMILES string of the molecule is Cc1ccc(F)c(NCc2cn3ccccc3n2)c1. The fraction of sp³-hybridized carbons (Fsp3) is 0.133. The summed E-state index contributed by atoms with van der Waals surface area (Å²) in [4.78, 5) is 4.46. The van der Waals surface area contributed by atoms with Crippen LogP contribution in [-0.4, -0.2) is 9.38 Å². The minimum absolute atomic E-state index is 0.241. The summed E-state index contributed by atoms with van der Waals surface area (Å²) in [6, 6.07) is 10.9. The first kappa shape index (κ1) is 11.7. The molecule has 3 rings (SSSR count). The Morgan fingerprint density at radius 1 is 1.26 bits per heavy atom. The smallest absolute Gasteiger partial charge is 0.146 e. The number of imidazole rings is 1. The van der Waals surface area contributed by atoms with Gasteiger partial charge in [0.05, 0.1) is 17.9 Å². The second kappa shape index (κ2) is 4.72. The van der Waals surface area contributed by atoms with E-state index in [0.29, 0.717) is 12.2 Å². The molecule has 0 spiro atoms. The van der Waals surface area contributed by atoms with Crippen molar-refractivity contribution in [2.45, 2.75) is 13.5 Å². The third kappa shape index (κ3) is 2.42. The molecule has 1 N–H and O–H groups in total. The molecule has 4 heteroatoms. The van der Waals surface area contributed by atoms with Crippen molar-refractivity contribution in [2.75, 3.05) is 5.32 Å². The molecule has 0 amide bonds. The first-order valence-electron chi connectivity index (χ1n) is 6.15. The lowest BCUT2D eigenvalue weighted by Gasteiger charge is -2.06. The van der Waals surface area contributed by atoms with Gasteiger partial charge in [-0.3, -0.25) is 0 Å². The summed E-state index contributed by atoms with van der Waals surface area (Å²) in [5.74, 6) is -0.241. The van der Waals surface area contributed by atoms with Gasteiger partial charge in [-0.15, -0.1) is 0 Å². The van der Waals surface area contributed by atoms with Gasteiger partial charge in [0, 0.05) is 12.4 Å². The van der Waals surface area contributed by atoms with Gasteiger partial charge in [-0.1, -0.05) is 12.1 Å². The largest absolute Gasteiger partial charge is 0.377 e. The Kier molecular flexibility index (Phi) is 2.91. The van der Waals surface area contributed by atoms with Gasteiger partial charge >= 0.3 is 0 Å². The van der Waals surface area contributed by atoms with Crippen molar-refractivity contribution in [2.24, 2.45) is 0 Å². The predicted molar refractivity (Wildman–Crippen MR) is 73.7 cm³/mol. The molecule has 3 nitrogen and oxygen atoms in total. The number of hydrogen-bond donors (Lipinski definition) is 1. The molecular weight excluding hydrogens is 241 g/mol. The van der Waals surface area contributed by atoms with Crippen LogP contribution >= 0.6 is 0 Å². The van der Waals surface area contributed by atoms with Gasteiger partial charge in [0.25, 0.3) is 0 Å². The Bertz CT molecular complexity index is 685. The number of fused-ring (bicyclic) bond motifs is 1. The second-order valence-corrected chi connectivity index (χ2v) is 4.54. The van der Waals surface area contributed by atoms with Crippen LogP contribution in [0.15, 0.2) is 48.8 Å². The van der Waals surface area contributed by atoms with E-state index in [4.69, 9.17) is 0 Å². The molecule has 0 saturated carbocycles. The van der Waals surface area contributed by atoms with Crippen LogP contribution in [0.4, 0.5) is 10.1 Å². The Balaban J connectivity index is 1.80. The average molecular weight is 255 g/mol. The number of halogens is 1. The van der Waals surface area contributed by atoms with Crippen molar-refractivity contribution in [1.82, 2.24) is 9.38 Å². The molecule has 0 saturated heterocycles. The molecule has 2 aromatic heterocycles. The standard InChI is InChI=1S/C15H14FN3/c1-11-5-6-13(16)14(8-11)17-9-12-10-19-7-3-2-4-15(19)18-12/h2-8,10,17H,9H2,1H3. The van der Waals surface area contributed by atoms with Gasteiger partial charge in [0.15, 0.2) is 0 Å². The molecule has 0 atom stereocenters. The number of hydrogen-bond acceptors (Lipinski definition) is 2. The summed E-state index contributed by atoms with van der Waals surface area (Å²) in [5.41, 5.74) is 3.31. The Labute approximate surface area is 110 Å². The zero-order valence-electron chi connectivity index (χ0n) is 10.6. The number of benzene rings is 1. The van der Waals surface area contributed by atoms with Gasteiger partial charge in [0.2, 0.25) is 0 Å². The van der Waals surface area contributed by atoms with Crippen molar-refractivity contribution in [3.05, 3.63) is 65.9 Å². The van der Waals surface area contributed by atoms with E-state index < -0.39 is 0 Å². The molecule has 19 heavy (non-hydrogen) atoms. The van der Waals surface area contributed by atoms with Crippen molar-refractivity contribution in [3.63, 3.8) is 0 Å². The quantitative estimate of drug-likeness (QED) is 0.777. The zero-order chi connectivity index (χ0) is 13.2. The number of nitrogens with one attached hydrogen (secondary N) is 1. The first-order chi connectivity index (χ1) is 9.22. The van der Waals surface area contributed by atoms with Crippen molar-refractivity contribution in [1.29, 1.82) is 0 Å². The minimum Gasteiger partial charge on any atom is -0.377 e. The van der Waals surface area contributed by atoms with E-state index in [-0.39, 0.29) is 5.82 Å². The highest BCUT2D eigenvalue weighted by atomic mass is 19.1. The summed E-state index contributed by atoms with van der Waals surface area (Å²) in [5, 5.41) is 3.08. The van der Waals surface area contributed by atoms with E-state index in [1.165, 1.54) is 6.07 Å². The maximum atomic E-state index is 13.6. The van der Waals surface area contributed by atoms with Crippen LogP contribution in [0.5, 0.6) is 0 Å². The maximum Gasteiger partial charge on any atom is 0.146 e. The van der Waals surface area contributed by atoms with E-state index in [9.17, 15) is 4.39 Å². The molecule has 0 aliphatic rings. The molecule has 1 aromatic carbocycles. The van der Waals surface area contributed by atoms with E-state index in [0.717, 1.165) is 16.9 Å². The summed E-state index contributed by atoms with van der Waals surface area (Å²) >= 11 is 0. The number of anilines is 1. The van der Waals surface area contributed by atoms with Crippen molar-refractivity contribution >= 4 is 11.3 Å². The third-order valence-electron chi connectivity index (χ3n) is 3.00. The van der Waals surface area contributed by atoms with E-state index in [2.05, 4.69) is 10.3 Å². The molecule has 0 radical (unpaired) electrons. The van der Waals surface area contributed by atoms with E-state index >= 15 is 0 Å².